The lowest BCUT2D eigenvalue weighted by atomic mass is 9.97. The van der Waals surface area contributed by atoms with Gasteiger partial charge in [-0.3, -0.25) is 4.90 Å². The van der Waals surface area contributed by atoms with E-state index in [-0.39, 0.29) is 6.03 Å². The Morgan fingerprint density at radius 2 is 1.87 bits per heavy atom. The van der Waals surface area contributed by atoms with Crippen LogP contribution in [0, 0.1) is 5.92 Å². The molecule has 0 aromatic heterocycles. The minimum Gasteiger partial charge on any atom is -0.495 e. The number of benzene rings is 1. The van der Waals surface area contributed by atoms with Crippen LogP contribution in [0.2, 0.25) is 0 Å². The maximum atomic E-state index is 12.9. The lowest BCUT2D eigenvalue weighted by Gasteiger charge is -2.39. The highest BCUT2D eigenvalue weighted by Gasteiger charge is 2.32. The van der Waals surface area contributed by atoms with E-state index in [0.29, 0.717) is 31.6 Å². The number of hydrogen-bond donors (Lipinski definition) is 1. The van der Waals surface area contributed by atoms with Gasteiger partial charge in [0.2, 0.25) is 0 Å². The molecule has 8 nitrogen and oxygen atoms in total. The highest BCUT2D eigenvalue weighted by atomic mass is 16.5. The van der Waals surface area contributed by atoms with Gasteiger partial charge in [-0.15, -0.1) is 0 Å². The van der Waals surface area contributed by atoms with Crippen molar-refractivity contribution in [1.82, 2.24) is 15.1 Å². The van der Waals surface area contributed by atoms with Gasteiger partial charge in [0.05, 0.1) is 32.6 Å². The van der Waals surface area contributed by atoms with Gasteiger partial charge in [-0.05, 0) is 18.6 Å². The zero-order valence-corrected chi connectivity index (χ0v) is 17.9. The number of methoxy groups -OCH3 is 1. The summed E-state index contributed by atoms with van der Waals surface area (Å²) >= 11 is 0. The predicted octanol–water partition coefficient (Wildman–Crippen LogP) is 1.26. The molecule has 0 saturated carbocycles. The van der Waals surface area contributed by atoms with Gasteiger partial charge >= 0.3 is 6.03 Å². The lowest BCUT2D eigenvalue weighted by Crippen LogP contribution is -2.56. The zero-order chi connectivity index (χ0) is 20.8. The zero-order valence-electron chi connectivity index (χ0n) is 17.9. The third-order valence-electron chi connectivity index (χ3n) is 6.48. The molecular formula is C22H34N4O4. The maximum absolute atomic E-state index is 12.9. The molecule has 3 fully saturated rings. The number of nitrogens with zero attached hydrogens (tertiary/aromatic N) is 3. The molecule has 3 heterocycles. The molecule has 1 N–H and O–H groups in total. The van der Waals surface area contributed by atoms with Crippen LogP contribution < -0.4 is 15.0 Å². The van der Waals surface area contributed by atoms with Crippen LogP contribution in [0.15, 0.2) is 24.3 Å². The second-order valence-electron chi connectivity index (χ2n) is 8.17. The fourth-order valence-corrected chi connectivity index (χ4v) is 4.70. The molecule has 4 rings (SSSR count). The molecule has 166 valence electrons. The van der Waals surface area contributed by atoms with E-state index in [4.69, 9.17) is 14.2 Å². The van der Waals surface area contributed by atoms with Gasteiger partial charge in [-0.25, -0.2) is 4.79 Å². The van der Waals surface area contributed by atoms with Gasteiger partial charge in [0.1, 0.15) is 5.75 Å². The molecule has 2 atom stereocenters. The Balaban J connectivity index is 1.29. The minimum atomic E-state index is 0.0341. The van der Waals surface area contributed by atoms with Crippen molar-refractivity contribution < 1.29 is 19.0 Å². The van der Waals surface area contributed by atoms with E-state index in [2.05, 4.69) is 21.2 Å². The quantitative estimate of drug-likeness (QED) is 0.751. The number of carbonyl (C=O) groups excluding carboxylic acids is 1. The maximum Gasteiger partial charge on any atom is 0.317 e. The molecule has 0 unspecified atom stereocenters. The van der Waals surface area contributed by atoms with Crippen LogP contribution in [-0.4, -0.2) is 101 Å². The van der Waals surface area contributed by atoms with Crippen LogP contribution >= 0.6 is 0 Å². The molecule has 0 aliphatic carbocycles. The highest BCUT2D eigenvalue weighted by molar-refractivity contribution is 5.74. The fraction of sp³-hybridized carbons (Fsp3) is 0.682. The average molecular weight is 419 g/mol. The normalized spacial score (nSPS) is 24.0. The number of piperazine rings is 1. The largest absolute Gasteiger partial charge is 0.495 e. The minimum absolute atomic E-state index is 0.0341. The van der Waals surface area contributed by atoms with Crippen molar-refractivity contribution in [2.45, 2.75) is 12.5 Å². The van der Waals surface area contributed by atoms with Crippen LogP contribution in [-0.2, 0) is 9.47 Å². The highest BCUT2D eigenvalue weighted by Crippen LogP contribution is 2.28. The second kappa shape index (κ2) is 10.3. The number of carbonyl (C=O) groups is 1. The van der Waals surface area contributed by atoms with E-state index in [9.17, 15) is 4.79 Å². The molecule has 0 radical (unpaired) electrons. The Morgan fingerprint density at radius 1 is 1.10 bits per heavy atom. The molecule has 3 saturated heterocycles. The molecule has 30 heavy (non-hydrogen) atoms. The number of anilines is 1. The molecular weight excluding hydrogens is 384 g/mol. The van der Waals surface area contributed by atoms with Crippen molar-refractivity contribution in [2.75, 3.05) is 84.3 Å². The summed E-state index contributed by atoms with van der Waals surface area (Å²) in [6.07, 6.45) is 1.06. The number of nitrogens with one attached hydrogen (secondary N) is 1. The van der Waals surface area contributed by atoms with Crippen molar-refractivity contribution in [1.29, 1.82) is 0 Å². The van der Waals surface area contributed by atoms with Crippen LogP contribution in [0.4, 0.5) is 10.5 Å². The van der Waals surface area contributed by atoms with Crippen molar-refractivity contribution in [2.24, 2.45) is 5.92 Å². The molecule has 8 heteroatoms. The first-order chi connectivity index (χ1) is 14.8. The molecule has 0 bridgehead atoms. The summed E-state index contributed by atoms with van der Waals surface area (Å²) in [5, 5.41) is 3.21. The van der Waals surface area contributed by atoms with E-state index in [0.717, 1.165) is 70.5 Å². The van der Waals surface area contributed by atoms with Crippen LogP contribution in [0.3, 0.4) is 0 Å². The number of hydrogen-bond acceptors (Lipinski definition) is 6. The lowest BCUT2D eigenvalue weighted by molar-refractivity contribution is 0.00185. The number of ether oxygens (including phenoxy) is 3. The predicted molar refractivity (Wildman–Crippen MR) is 115 cm³/mol. The van der Waals surface area contributed by atoms with Gasteiger partial charge in [0.15, 0.2) is 0 Å². The Hall–Kier alpha value is -2.03. The summed E-state index contributed by atoms with van der Waals surface area (Å²) in [5.41, 5.74) is 1.09. The fourth-order valence-electron chi connectivity index (χ4n) is 4.70. The summed E-state index contributed by atoms with van der Waals surface area (Å²) < 4.78 is 16.6. The smallest absolute Gasteiger partial charge is 0.317 e. The number of rotatable bonds is 6. The SMILES string of the molecule is COc1ccccc1N1CCN(C(=O)NC[C@H]([C@H]2CCOC2)N2CCOCC2)CC1. The molecule has 1 aromatic rings. The Morgan fingerprint density at radius 3 is 2.57 bits per heavy atom. The van der Waals surface area contributed by atoms with Crippen LogP contribution in [0.5, 0.6) is 5.75 Å². The van der Waals surface area contributed by atoms with Gasteiger partial charge in [0.25, 0.3) is 0 Å². The summed E-state index contributed by atoms with van der Waals surface area (Å²) in [7, 11) is 1.70. The van der Waals surface area contributed by atoms with E-state index < -0.39 is 0 Å². The summed E-state index contributed by atoms with van der Waals surface area (Å²) in [4.78, 5) is 19.5. The second-order valence-corrected chi connectivity index (χ2v) is 8.17. The Kier molecular flexibility index (Phi) is 7.30. The van der Waals surface area contributed by atoms with Crippen LogP contribution in [0.1, 0.15) is 6.42 Å². The topological polar surface area (TPSA) is 66.5 Å². The number of para-hydroxylation sites is 2. The first-order valence-corrected chi connectivity index (χ1v) is 11.1. The number of morpholine rings is 1. The molecule has 3 aliphatic heterocycles. The molecule has 1 aromatic carbocycles. The Bertz CT molecular complexity index is 683. The van der Waals surface area contributed by atoms with Crippen molar-refractivity contribution >= 4 is 11.7 Å². The van der Waals surface area contributed by atoms with E-state index >= 15 is 0 Å². The van der Waals surface area contributed by atoms with Gasteiger partial charge in [0, 0.05) is 64.4 Å². The average Bonchev–Trinajstić information content (AvgIpc) is 3.34. The molecule has 3 aliphatic rings. The first-order valence-electron chi connectivity index (χ1n) is 11.1. The Labute approximate surface area is 179 Å². The monoisotopic (exact) mass is 418 g/mol. The number of urea groups is 1. The summed E-state index contributed by atoms with van der Waals surface area (Å²) in [6.45, 7) is 8.68. The molecule has 0 spiro atoms. The van der Waals surface area contributed by atoms with E-state index in [1.165, 1.54) is 0 Å². The van der Waals surface area contributed by atoms with E-state index in [1.54, 1.807) is 7.11 Å². The third kappa shape index (κ3) is 4.99. The summed E-state index contributed by atoms with van der Waals surface area (Å²) in [5.74, 6) is 1.35. The van der Waals surface area contributed by atoms with Crippen molar-refractivity contribution in [3.63, 3.8) is 0 Å². The van der Waals surface area contributed by atoms with Crippen molar-refractivity contribution in [3.8, 4) is 5.75 Å². The van der Waals surface area contributed by atoms with Crippen molar-refractivity contribution in [3.05, 3.63) is 24.3 Å². The number of amides is 2. The standard InChI is InChI=1S/C22H34N4O4/c1-28-21-5-3-2-4-19(21)24-7-9-26(10-8-24)22(27)23-16-20(18-6-13-30-17-18)25-11-14-29-15-12-25/h2-5,18,20H,6-17H2,1H3,(H,23,27)/t18-,20+/m0/s1. The van der Waals surface area contributed by atoms with Crippen LogP contribution in [0.25, 0.3) is 0 Å². The third-order valence-corrected chi connectivity index (χ3v) is 6.48. The summed E-state index contributed by atoms with van der Waals surface area (Å²) in [6, 6.07) is 8.40. The van der Waals surface area contributed by atoms with Gasteiger partial charge < -0.3 is 29.3 Å². The molecule has 2 amide bonds. The van der Waals surface area contributed by atoms with Gasteiger partial charge in [-0.2, -0.15) is 0 Å². The first kappa shape index (κ1) is 21.2. The van der Waals surface area contributed by atoms with Gasteiger partial charge in [-0.1, -0.05) is 12.1 Å². The van der Waals surface area contributed by atoms with E-state index in [1.807, 2.05) is 23.1 Å².